The molecular weight excluding hydrogens is 636 g/mol. The van der Waals surface area contributed by atoms with E-state index in [1.54, 1.807) is 7.05 Å². The van der Waals surface area contributed by atoms with Crippen LogP contribution in [0.4, 0.5) is 4.79 Å². The minimum absolute atomic E-state index is 0.00586. The van der Waals surface area contributed by atoms with Crippen LogP contribution in [-0.4, -0.2) is 102 Å². The first-order chi connectivity index (χ1) is 22.3. The number of nitrogens with zero attached hydrogens (tertiary/aromatic N) is 2. The third-order valence-corrected chi connectivity index (χ3v) is 14.2. The van der Waals surface area contributed by atoms with Gasteiger partial charge in [0.15, 0.2) is 0 Å². The molecule has 5 fully saturated rings. The fourth-order valence-corrected chi connectivity index (χ4v) is 10.6. The summed E-state index contributed by atoms with van der Waals surface area (Å²) in [5.74, 6) is -2.32. The van der Waals surface area contributed by atoms with Gasteiger partial charge < -0.3 is 26.2 Å². The lowest BCUT2D eigenvalue weighted by atomic mass is 9.78. The average Bonchev–Trinajstić information content (AvgIpc) is 3.81. The Hall–Kier alpha value is -2.74. The number of nitrogens with one attached hydrogen (secondary N) is 4. The van der Waals surface area contributed by atoms with E-state index >= 15 is 0 Å². The Morgan fingerprint density at radius 1 is 0.958 bits per heavy atom. The largest absolute Gasteiger partial charge is 0.347 e. The summed E-state index contributed by atoms with van der Waals surface area (Å²) in [6.07, 6.45) is 6.59. The maximum atomic E-state index is 14.4. The quantitative estimate of drug-likeness (QED) is 0.240. The van der Waals surface area contributed by atoms with E-state index in [9.17, 15) is 32.4 Å². The fraction of sp³-hybridized carbons (Fsp3) is 0.853. The van der Waals surface area contributed by atoms with Crippen LogP contribution in [0.15, 0.2) is 0 Å². The third-order valence-electron chi connectivity index (χ3n) is 11.7. The topological polar surface area (TPSA) is 174 Å². The number of sulfonamides is 1. The molecular formula is C34H56N6O7S. The van der Waals surface area contributed by atoms with E-state index in [2.05, 4.69) is 35.1 Å². The van der Waals surface area contributed by atoms with Crippen molar-refractivity contribution in [2.45, 2.75) is 141 Å². The van der Waals surface area contributed by atoms with Crippen molar-refractivity contribution in [1.82, 2.24) is 30.5 Å². The molecule has 0 aromatic carbocycles. The van der Waals surface area contributed by atoms with E-state index < -0.39 is 73.9 Å². The summed E-state index contributed by atoms with van der Waals surface area (Å²) in [4.78, 5) is 69.5. The maximum Gasteiger partial charge on any atom is 0.315 e. The van der Waals surface area contributed by atoms with E-state index in [0.717, 1.165) is 32.1 Å². The highest BCUT2D eigenvalue weighted by Crippen LogP contribution is 2.65. The van der Waals surface area contributed by atoms with E-state index in [-0.39, 0.29) is 23.3 Å². The molecule has 0 radical (unpaired) electrons. The molecule has 5 amide bonds. The number of carbonyl (C=O) groups excluding carboxylic acids is 5. The molecule has 2 saturated heterocycles. The smallest absolute Gasteiger partial charge is 0.315 e. The van der Waals surface area contributed by atoms with Gasteiger partial charge in [0.25, 0.3) is 5.91 Å². The monoisotopic (exact) mass is 692 g/mol. The van der Waals surface area contributed by atoms with Crippen LogP contribution < -0.4 is 21.3 Å². The van der Waals surface area contributed by atoms with Crippen molar-refractivity contribution in [3.8, 4) is 0 Å². The Bertz CT molecular complexity index is 1410. The average molecular weight is 693 g/mol. The molecule has 3 saturated carbocycles. The van der Waals surface area contributed by atoms with Crippen LogP contribution in [0, 0.1) is 22.7 Å². The molecule has 5 aliphatic rings. The number of carbonyl (C=O) groups is 5. The molecule has 2 heterocycles. The van der Waals surface area contributed by atoms with Crippen molar-refractivity contribution < 1.29 is 32.4 Å². The molecule has 14 heteroatoms. The van der Waals surface area contributed by atoms with Gasteiger partial charge in [0, 0.05) is 26.2 Å². The first-order valence-electron chi connectivity index (χ1n) is 17.8. The number of amides is 5. The SMILES string of the molecule is CCC[C@H](NC(=O)[C@@H]1[C@@H]2[C@H](CN1C(=O)[C@@H](NC(=O)NC1([C@@H]3CCN(C)S3(=O)=O)CCCCC1)C(C)(C)C)C2(C)C)C(=O)C(=O)NC1CC1. The van der Waals surface area contributed by atoms with Crippen molar-refractivity contribution in [3.05, 3.63) is 0 Å². The van der Waals surface area contributed by atoms with Crippen molar-refractivity contribution >= 4 is 39.6 Å². The lowest BCUT2D eigenvalue weighted by Gasteiger charge is -2.43. The summed E-state index contributed by atoms with van der Waals surface area (Å²) >= 11 is 0. The Labute approximate surface area is 285 Å². The second kappa shape index (κ2) is 13.2. The lowest BCUT2D eigenvalue weighted by molar-refractivity contribution is -0.145. The number of Topliss-reactive ketones (excluding diaryl/α,β-unsaturated/α-hetero) is 1. The zero-order chi connectivity index (χ0) is 35.4. The predicted molar refractivity (Wildman–Crippen MR) is 180 cm³/mol. The molecule has 3 aliphatic carbocycles. The molecule has 48 heavy (non-hydrogen) atoms. The number of piperidine rings is 1. The van der Waals surface area contributed by atoms with Crippen LogP contribution in [0.1, 0.15) is 106 Å². The Morgan fingerprint density at radius 3 is 2.15 bits per heavy atom. The van der Waals surface area contributed by atoms with Crippen LogP contribution in [0.5, 0.6) is 0 Å². The van der Waals surface area contributed by atoms with Gasteiger partial charge in [-0.2, -0.15) is 0 Å². The second-order valence-corrected chi connectivity index (χ2v) is 18.8. The molecule has 4 N–H and O–H groups in total. The number of fused-ring (bicyclic) bond motifs is 1. The third kappa shape index (κ3) is 6.97. The number of rotatable bonds is 11. The van der Waals surface area contributed by atoms with Crippen molar-refractivity contribution in [2.75, 3.05) is 20.1 Å². The van der Waals surface area contributed by atoms with Gasteiger partial charge in [-0.1, -0.05) is 67.2 Å². The van der Waals surface area contributed by atoms with Gasteiger partial charge >= 0.3 is 6.03 Å². The van der Waals surface area contributed by atoms with Gasteiger partial charge in [-0.05, 0) is 61.2 Å². The summed E-state index contributed by atoms with van der Waals surface area (Å²) in [6, 6.07) is -3.48. The molecule has 0 aromatic heterocycles. The highest BCUT2D eigenvalue weighted by Gasteiger charge is 2.70. The second-order valence-electron chi connectivity index (χ2n) is 16.6. The molecule has 0 bridgehead atoms. The van der Waals surface area contributed by atoms with Gasteiger partial charge in [0.1, 0.15) is 12.1 Å². The number of urea groups is 1. The number of likely N-dealkylation sites (tertiary alicyclic amines) is 1. The molecule has 0 aromatic rings. The van der Waals surface area contributed by atoms with Crippen molar-refractivity contribution in [3.63, 3.8) is 0 Å². The normalized spacial score (nSPS) is 30.0. The Kier molecular flexibility index (Phi) is 10.0. The van der Waals surface area contributed by atoms with Gasteiger partial charge in [-0.15, -0.1) is 0 Å². The summed E-state index contributed by atoms with van der Waals surface area (Å²) < 4.78 is 27.9. The minimum Gasteiger partial charge on any atom is -0.347 e. The summed E-state index contributed by atoms with van der Waals surface area (Å²) in [5.41, 5.74) is -1.88. The van der Waals surface area contributed by atoms with Crippen LogP contribution in [0.2, 0.25) is 0 Å². The van der Waals surface area contributed by atoms with Crippen LogP contribution in [-0.2, 0) is 29.2 Å². The number of hydrogen-bond donors (Lipinski definition) is 4. The molecule has 5 rings (SSSR count). The van der Waals surface area contributed by atoms with E-state index in [1.165, 1.54) is 9.21 Å². The van der Waals surface area contributed by atoms with Crippen LogP contribution >= 0.6 is 0 Å². The highest BCUT2D eigenvalue weighted by atomic mass is 32.2. The molecule has 6 atom stereocenters. The van der Waals surface area contributed by atoms with E-state index in [1.807, 2.05) is 27.7 Å². The fourth-order valence-electron chi connectivity index (χ4n) is 8.54. The number of hydrogen-bond acceptors (Lipinski definition) is 7. The maximum absolute atomic E-state index is 14.4. The zero-order valence-electron chi connectivity index (χ0n) is 29.7. The van der Waals surface area contributed by atoms with E-state index in [0.29, 0.717) is 45.2 Å². The predicted octanol–water partition coefficient (Wildman–Crippen LogP) is 2.05. The highest BCUT2D eigenvalue weighted by molar-refractivity contribution is 7.90. The van der Waals surface area contributed by atoms with Crippen molar-refractivity contribution in [1.29, 1.82) is 0 Å². The van der Waals surface area contributed by atoms with Crippen LogP contribution in [0.3, 0.4) is 0 Å². The molecule has 0 unspecified atom stereocenters. The van der Waals surface area contributed by atoms with Gasteiger partial charge in [0.2, 0.25) is 27.6 Å². The first kappa shape index (κ1) is 36.5. The first-order valence-corrected chi connectivity index (χ1v) is 19.3. The van der Waals surface area contributed by atoms with Gasteiger partial charge in [-0.3, -0.25) is 19.2 Å². The van der Waals surface area contributed by atoms with E-state index in [4.69, 9.17) is 0 Å². The molecule has 13 nitrogen and oxygen atoms in total. The number of ketones is 1. The summed E-state index contributed by atoms with van der Waals surface area (Å²) in [5, 5.41) is 10.8. The van der Waals surface area contributed by atoms with Crippen LogP contribution in [0.25, 0.3) is 0 Å². The molecule has 2 aliphatic heterocycles. The minimum atomic E-state index is -3.59. The molecule has 0 spiro atoms. The standard InChI is InChI=1S/C34H56N6O7S/c1-8-12-22(26(41)29(43)35-20-13-14-20)36-28(42)25-24-21(33(24,5)6)19-40(25)30(44)27(32(2,3)4)37-31(45)38-34(16-10-9-11-17-34)23-15-18-39(7)48(23,46)47/h20-25,27H,8-19H2,1-7H3,(H,35,43)(H,36,42)(H2,37,38,45)/t21-,22-,23-,24-,25-,27+/m0/s1. The Balaban J connectivity index is 1.34. The molecule has 270 valence electrons. The van der Waals surface area contributed by atoms with Crippen molar-refractivity contribution in [2.24, 2.45) is 22.7 Å². The zero-order valence-corrected chi connectivity index (χ0v) is 30.5. The lowest BCUT2D eigenvalue weighted by Crippen LogP contribution is -2.65. The summed E-state index contributed by atoms with van der Waals surface area (Å²) in [7, 11) is -2.02. The summed E-state index contributed by atoms with van der Waals surface area (Å²) in [6.45, 7) is 12.2. The Morgan fingerprint density at radius 2 is 1.60 bits per heavy atom. The van der Waals surface area contributed by atoms with Gasteiger partial charge in [0.05, 0.1) is 16.8 Å². The van der Waals surface area contributed by atoms with Gasteiger partial charge in [-0.25, -0.2) is 17.5 Å².